The molecule has 0 bridgehead atoms. The van der Waals surface area contributed by atoms with Gasteiger partial charge in [0.05, 0.1) is 18.0 Å². The predicted octanol–water partition coefficient (Wildman–Crippen LogP) is 2.20. The van der Waals surface area contributed by atoms with Gasteiger partial charge in [0.2, 0.25) is 0 Å². The fourth-order valence-corrected chi connectivity index (χ4v) is 3.50. The van der Waals surface area contributed by atoms with Crippen LogP contribution in [0.4, 0.5) is 10.2 Å². The van der Waals surface area contributed by atoms with Crippen LogP contribution in [0.15, 0.2) is 24.3 Å². The lowest BCUT2D eigenvalue weighted by Gasteiger charge is -2.36. The Labute approximate surface area is 160 Å². The molecule has 0 spiro atoms. The van der Waals surface area contributed by atoms with E-state index in [9.17, 15) is 4.39 Å². The van der Waals surface area contributed by atoms with E-state index in [0.717, 1.165) is 63.0 Å². The van der Waals surface area contributed by atoms with Crippen LogP contribution in [0.3, 0.4) is 0 Å². The van der Waals surface area contributed by atoms with Crippen molar-refractivity contribution in [1.29, 1.82) is 0 Å². The van der Waals surface area contributed by atoms with Gasteiger partial charge < -0.3 is 19.9 Å². The third-order valence-corrected chi connectivity index (χ3v) is 5.13. The average molecular weight is 375 g/mol. The smallest absolute Gasteiger partial charge is 0.137 e. The summed E-state index contributed by atoms with van der Waals surface area (Å²) in [6, 6.07) is 6.55. The van der Waals surface area contributed by atoms with Crippen molar-refractivity contribution >= 4 is 5.82 Å². The Morgan fingerprint density at radius 1 is 1.15 bits per heavy atom. The molecule has 3 rings (SSSR count). The standard InChI is InChI=1S/C20H30FN5O/c1-4-24-10-12-25(13-11-24)20-19(15-22-9-14-27-3)16(2)23-26(20)18-7-5-17(21)6-8-18/h5-8,22H,4,9-15H2,1-3H3. The number of nitrogens with one attached hydrogen (secondary N) is 1. The Hall–Kier alpha value is -1.96. The van der Waals surface area contributed by atoms with Crippen LogP contribution in [0.25, 0.3) is 5.69 Å². The van der Waals surface area contributed by atoms with Crippen LogP contribution in [-0.2, 0) is 11.3 Å². The Kier molecular flexibility index (Phi) is 6.82. The van der Waals surface area contributed by atoms with Gasteiger partial charge in [0.15, 0.2) is 0 Å². The van der Waals surface area contributed by atoms with E-state index in [1.807, 2.05) is 11.6 Å². The number of aromatic nitrogens is 2. The van der Waals surface area contributed by atoms with Crippen molar-refractivity contribution in [2.24, 2.45) is 0 Å². The number of rotatable bonds is 8. The van der Waals surface area contributed by atoms with Crippen LogP contribution in [0.1, 0.15) is 18.2 Å². The van der Waals surface area contributed by atoms with Gasteiger partial charge in [-0.2, -0.15) is 5.10 Å². The summed E-state index contributed by atoms with van der Waals surface area (Å²) in [4.78, 5) is 4.86. The van der Waals surface area contributed by atoms with Crippen molar-refractivity contribution in [3.8, 4) is 5.69 Å². The molecule has 1 aromatic heterocycles. The summed E-state index contributed by atoms with van der Waals surface area (Å²) in [5, 5.41) is 8.23. The van der Waals surface area contributed by atoms with Crippen LogP contribution in [0.5, 0.6) is 0 Å². The van der Waals surface area contributed by atoms with E-state index >= 15 is 0 Å². The molecule has 148 valence electrons. The first kappa shape index (κ1) is 19.8. The van der Waals surface area contributed by atoms with Crippen molar-refractivity contribution in [3.63, 3.8) is 0 Å². The SMILES string of the molecule is CCN1CCN(c2c(CNCCOC)c(C)nn2-c2ccc(F)cc2)CC1. The zero-order valence-electron chi connectivity index (χ0n) is 16.5. The molecule has 1 fully saturated rings. The summed E-state index contributed by atoms with van der Waals surface area (Å²) < 4.78 is 20.5. The maximum absolute atomic E-state index is 13.4. The highest BCUT2D eigenvalue weighted by molar-refractivity contribution is 5.55. The zero-order chi connectivity index (χ0) is 19.2. The highest BCUT2D eigenvalue weighted by atomic mass is 19.1. The number of nitrogens with zero attached hydrogens (tertiary/aromatic N) is 4. The largest absolute Gasteiger partial charge is 0.383 e. The lowest BCUT2D eigenvalue weighted by Crippen LogP contribution is -2.47. The summed E-state index contributed by atoms with van der Waals surface area (Å²) in [7, 11) is 1.71. The summed E-state index contributed by atoms with van der Waals surface area (Å²) in [5.74, 6) is 0.877. The number of likely N-dealkylation sites (N-methyl/N-ethyl adjacent to an activating group) is 1. The van der Waals surface area contributed by atoms with Crippen molar-refractivity contribution < 1.29 is 9.13 Å². The Morgan fingerprint density at radius 2 is 1.85 bits per heavy atom. The number of piperazine rings is 1. The molecule has 1 aliphatic rings. The van der Waals surface area contributed by atoms with Crippen molar-refractivity contribution in [2.75, 3.05) is 57.9 Å². The lowest BCUT2D eigenvalue weighted by atomic mass is 10.2. The molecule has 0 unspecified atom stereocenters. The number of benzene rings is 1. The molecule has 2 aromatic rings. The van der Waals surface area contributed by atoms with E-state index in [2.05, 4.69) is 22.0 Å². The quantitative estimate of drug-likeness (QED) is 0.717. The summed E-state index contributed by atoms with van der Waals surface area (Å²) in [6.45, 7) is 11.5. The van der Waals surface area contributed by atoms with Gasteiger partial charge in [0, 0.05) is 51.9 Å². The van der Waals surface area contributed by atoms with Gasteiger partial charge in [-0.05, 0) is 37.7 Å². The fourth-order valence-electron chi connectivity index (χ4n) is 3.50. The molecule has 0 saturated carbocycles. The number of aryl methyl sites for hydroxylation is 1. The minimum absolute atomic E-state index is 0.234. The molecular formula is C20H30FN5O. The molecule has 7 heteroatoms. The second-order valence-electron chi connectivity index (χ2n) is 6.87. The van der Waals surface area contributed by atoms with Gasteiger partial charge >= 0.3 is 0 Å². The first-order valence-corrected chi connectivity index (χ1v) is 9.65. The number of methoxy groups -OCH3 is 1. The number of hydrogen-bond donors (Lipinski definition) is 1. The second kappa shape index (κ2) is 9.30. The molecule has 1 aromatic carbocycles. The summed E-state index contributed by atoms with van der Waals surface area (Å²) in [6.07, 6.45) is 0. The van der Waals surface area contributed by atoms with Crippen LogP contribution in [-0.4, -0.2) is 67.7 Å². The van der Waals surface area contributed by atoms with Crippen LogP contribution >= 0.6 is 0 Å². The van der Waals surface area contributed by atoms with Gasteiger partial charge in [-0.3, -0.25) is 0 Å². The van der Waals surface area contributed by atoms with Gasteiger partial charge in [0.1, 0.15) is 11.6 Å². The first-order valence-electron chi connectivity index (χ1n) is 9.65. The van der Waals surface area contributed by atoms with Crippen molar-refractivity contribution in [3.05, 3.63) is 41.3 Å². The highest BCUT2D eigenvalue weighted by Crippen LogP contribution is 2.28. The molecule has 1 aliphatic heterocycles. The Balaban J connectivity index is 1.91. The Bertz CT molecular complexity index is 723. The zero-order valence-corrected chi connectivity index (χ0v) is 16.5. The topological polar surface area (TPSA) is 45.6 Å². The van der Waals surface area contributed by atoms with Crippen molar-refractivity contribution in [2.45, 2.75) is 20.4 Å². The number of anilines is 1. The molecule has 1 N–H and O–H groups in total. The van der Waals surface area contributed by atoms with Crippen LogP contribution in [0, 0.1) is 12.7 Å². The Morgan fingerprint density at radius 3 is 2.48 bits per heavy atom. The summed E-state index contributed by atoms with van der Waals surface area (Å²) >= 11 is 0. The molecule has 6 nitrogen and oxygen atoms in total. The number of ether oxygens (including phenoxy) is 1. The minimum atomic E-state index is -0.234. The monoisotopic (exact) mass is 375 g/mol. The van der Waals surface area contributed by atoms with Gasteiger partial charge in [-0.1, -0.05) is 6.92 Å². The minimum Gasteiger partial charge on any atom is -0.383 e. The molecule has 27 heavy (non-hydrogen) atoms. The second-order valence-corrected chi connectivity index (χ2v) is 6.87. The van der Waals surface area contributed by atoms with Gasteiger partial charge in [-0.25, -0.2) is 9.07 Å². The van der Waals surface area contributed by atoms with Crippen LogP contribution in [0.2, 0.25) is 0 Å². The molecule has 1 saturated heterocycles. The van der Waals surface area contributed by atoms with E-state index in [-0.39, 0.29) is 5.82 Å². The van der Waals surface area contributed by atoms with E-state index in [0.29, 0.717) is 6.61 Å². The first-order chi connectivity index (χ1) is 13.1. The maximum Gasteiger partial charge on any atom is 0.137 e. The lowest BCUT2D eigenvalue weighted by molar-refractivity contribution is 0.199. The third kappa shape index (κ3) is 4.66. The number of hydrogen-bond acceptors (Lipinski definition) is 5. The molecule has 0 aliphatic carbocycles. The molecular weight excluding hydrogens is 345 g/mol. The van der Waals surface area contributed by atoms with Gasteiger partial charge in [-0.15, -0.1) is 0 Å². The molecule has 0 amide bonds. The maximum atomic E-state index is 13.4. The van der Waals surface area contributed by atoms with E-state index in [4.69, 9.17) is 9.84 Å². The molecule has 0 atom stereocenters. The predicted molar refractivity (Wildman–Crippen MR) is 106 cm³/mol. The molecule has 0 radical (unpaired) electrons. The van der Waals surface area contributed by atoms with E-state index in [1.54, 1.807) is 19.2 Å². The number of halogens is 1. The average Bonchev–Trinajstić information content (AvgIpc) is 3.02. The fraction of sp³-hybridized carbons (Fsp3) is 0.550. The van der Waals surface area contributed by atoms with E-state index < -0.39 is 0 Å². The highest BCUT2D eigenvalue weighted by Gasteiger charge is 2.25. The normalized spacial score (nSPS) is 15.5. The van der Waals surface area contributed by atoms with E-state index in [1.165, 1.54) is 17.7 Å². The third-order valence-electron chi connectivity index (χ3n) is 5.13. The summed E-state index contributed by atoms with van der Waals surface area (Å²) in [5.41, 5.74) is 3.08. The van der Waals surface area contributed by atoms with Crippen LogP contribution < -0.4 is 10.2 Å². The van der Waals surface area contributed by atoms with Crippen molar-refractivity contribution in [1.82, 2.24) is 20.0 Å². The molecule has 2 heterocycles. The van der Waals surface area contributed by atoms with Gasteiger partial charge in [0.25, 0.3) is 0 Å².